The SMILES string of the molecule is CCOc1cc(/C=C(\C#N)C(=O)Nc2ccc(Br)cc2)cc(I)c1OCc1ccc(Cl)cc1. The Morgan fingerprint density at radius 2 is 1.85 bits per heavy atom. The maximum atomic E-state index is 12.6. The minimum Gasteiger partial charge on any atom is -0.490 e. The van der Waals surface area contributed by atoms with Crippen molar-refractivity contribution < 1.29 is 14.3 Å². The molecular weight excluding hydrogens is 619 g/mol. The lowest BCUT2D eigenvalue weighted by Gasteiger charge is -2.15. The smallest absolute Gasteiger partial charge is 0.266 e. The molecule has 1 N–H and O–H groups in total. The van der Waals surface area contributed by atoms with Gasteiger partial charge in [0.15, 0.2) is 11.5 Å². The van der Waals surface area contributed by atoms with Crippen LogP contribution in [0.3, 0.4) is 0 Å². The molecule has 0 spiro atoms. The third kappa shape index (κ3) is 7.22. The van der Waals surface area contributed by atoms with Gasteiger partial charge in [-0.25, -0.2) is 0 Å². The summed E-state index contributed by atoms with van der Waals surface area (Å²) in [5.74, 6) is 0.647. The first-order chi connectivity index (χ1) is 15.9. The number of amides is 1. The van der Waals surface area contributed by atoms with E-state index in [0.717, 1.165) is 13.6 Å². The fourth-order valence-electron chi connectivity index (χ4n) is 2.86. The van der Waals surface area contributed by atoms with Crippen LogP contribution in [-0.2, 0) is 11.4 Å². The molecule has 33 heavy (non-hydrogen) atoms. The minimum atomic E-state index is -0.490. The second-order valence-corrected chi connectivity index (χ2v) is 9.32. The molecule has 3 aromatic carbocycles. The van der Waals surface area contributed by atoms with Crippen molar-refractivity contribution in [1.29, 1.82) is 5.26 Å². The van der Waals surface area contributed by atoms with Crippen LogP contribution in [0.5, 0.6) is 11.5 Å². The van der Waals surface area contributed by atoms with Crippen molar-refractivity contribution in [3.63, 3.8) is 0 Å². The van der Waals surface area contributed by atoms with Gasteiger partial charge < -0.3 is 14.8 Å². The Labute approximate surface area is 219 Å². The summed E-state index contributed by atoms with van der Waals surface area (Å²) in [5, 5.41) is 12.9. The van der Waals surface area contributed by atoms with Gasteiger partial charge in [-0.15, -0.1) is 0 Å². The third-order valence-corrected chi connectivity index (χ3v) is 5.99. The monoisotopic (exact) mass is 636 g/mol. The number of ether oxygens (including phenoxy) is 2. The van der Waals surface area contributed by atoms with Crippen LogP contribution in [0.1, 0.15) is 18.1 Å². The number of benzene rings is 3. The summed E-state index contributed by atoms with van der Waals surface area (Å²) >= 11 is 11.5. The third-order valence-electron chi connectivity index (χ3n) is 4.41. The van der Waals surface area contributed by atoms with Crippen molar-refractivity contribution >= 4 is 67.8 Å². The lowest BCUT2D eigenvalue weighted by Crippen LogP contribution is -2.13. The van der Waals surface area contributed by atoms with Crippen LogP contribution in [-0.4, -0.2) is 12.5 Å². The van der Waals surface area contributed by atoms with Gasteiger partial charge in [-0.05, 0) is 95.2 Å². The van der Waals surface area contributed by atoms with E-state index in [-0.39, 0.29) is 5.57 Å². The van der Waals surface area contributed by atoms with E-state index in [2.05, 4.69) is 43.8 Å². The summed E-state index contributed by atoms with van der Waals surface area (Å²) in [5.41, 5.74) is 2.20. The Hall–Kier alpha value is -2.54. The first kappa shape index (κ1) is 25.1. The van der Waals surface area contributed by atoms with Gasteiger partial charge >= 0.3 is 0 Å². The molecule has 8 heteroatoms. The summed E-state index contributed by atoms with van der Waals surface area (Å²) in [6.07, 6.45) is 1.53. The molecule has 0 heterocycles. The highest BCUT2D eigenvalue weighted by Gasteiger charge is 2.15. The molecule has 3 rings (SSSR count). The summed E-state index contributed by atoms with van der Waals surface area (Å²) < 4.78 is 13.5. The molecule has 0 aliphatic heterocycles. The highest BCUT2D eigenvalue weighted by Crippen LogP contribution is 2.35. The molecule has 0 unspecified atom stereocenters. The first-order valence-corrected chi connectivity index (χ1v) is 12.2. The van der Waals surface area contributed by atoms with Crippen molar-refractivity contribution in [1.82, 2.24) is 0 Å². The summed E-state index contributed by atoms with van der Waals surface area (Å²) in [6, 6.07) is 20.1. The fraction of sp³-hybridized carbons (Fsp3) is 0.120. The Morgan fingerprint density at radius 1 is 1.15 bits per heavy atom. The zero-order valence-corrected chi connectivity index (χ0v) is 22.1. The average Bonchev–Trinajstić information content (AvgIpc) is 2.79. The quantitative estimate of drug-likeness (QED) is 0.161. The van der Waals surface area contributed by atoms with E-state index in [0.29, 0.717) is 41.0 Å². The number of hydrogen-bond acceptors (Lipinski definition) is 4. The number of hydrogen-bond donors (Lipinski definition) is 1. The second-order valence-electron chi connectivity index (χ2n) is 6.81. The van der Waals surface area contributed by atoms with Crippen molar-refractivity contribution in [3.05, 3.63) is 90.4 Å². The van der Waals surface area contributed by atoms with Crippen LogP contribution in [0.25, 0.3) is 6.08 Å². The van der Waals surface area contributed by atoms with Gasteiger partial charge in [0.05, 0.1) is 10.2 Å². The zero-order chi connectivity index (χ0) is 23.8. The van der Waals surface area contributed by atoms with Crippen LogP contribution < -0.4 is 14.8 Å². The molecular formula is C25H19BrClIN2O3. The first-order valence-electron chi connectivity index (χ1n) is 9.92. The molecule has 0 aliphatic rings. The van der Waals surface area contributed by atoms with Crippen molar-refractivity contribution in [2.24, 2.45) is 0 Å². The molecule has 0 aromatic heterocycles. The summed E-state index contributed by atoms with van der Waals surface area (Å²) in [4.78, 5) is 12.6. The number of nitrogens with zero attached hydrogens (tertiary/aromatic N) is 1. The van der Waals surface area contributed by atoms with Crippen LogP contribution in [0.15, 0.2) is 70.7 Å². The number of rotatable bonds is 8. The molecule has 1 amide bonds. The topological polar surface area (TPSA) is 71.3 Å². The molecule has 168 valence electrons. The lowest BCUT2D eigenvalue weighted by atomic mass is 10.1. The van der Waals surface area contributed by atoms with Crippen LogP contribution in [0, 0.1) is 14.9 Å². The Morgan fingerprint density at radius 3 is 2.48 bits per heavy atom. The van der Waals surface area contributed by atoms with E-state index in [1.54, 1.807) is 18.2 Å². The molecule has 3 aromatic rings. The molecule has 0 atom stereocenters. The number of nitriles is 1. The molecule has 5 nitrogen and oxygen atoms in total. The van der Waals surface area contributed by atoms with Gasteiger partial charge in [0, 0.05) is 15.2 Å². The van der Waals surface area contributed by atoms with Crippen molar-refractivity contribution in [3.8, 4) is 17.6 Å². The standard InChI is InChI=1S/C25H19BrClIN2O3/c1-2-32-23-13-17(11-18(14-29)25(31)30-21-9-5-19(26)6-10-21)12-22(28)24(23)33-15-16-3-7-20(27)8-4-16/h3-13H,2,15H2,1H3,(H,30,31)/b18-11+. The Bertz CT molecular complexity index is 1210. The Kier molecular flexibility index (Phi) is 9.18. The van der Waals surface area contributed by atoms with Gasteiger partial charge in [-0.1, -0.05) is 39.7 Å². The van der Waals surface area contributed by atoms with E-state index >= 15 is 0 Å². The van der Waals surface area contributed by atoms with E-state index in [9.17, 15) is 10.1 Å². The molecule has 0 saturated heterocycles. The van der Waals surface area contributed by atoms with Gasteiger partial charge in [-0.2, -0.15) is 5.26 Å². The van der Waals surface area contributed by atoms with E-state index in [1.807, 2.05) is 55.5 Å². The predicted molar refractivity (Wildman–Crippen MR) is 142 cm³/mol. The number of nitrogens with one attached hydrogen (secondary N) is 1. The van der Waals surface area contributed by atoms with E-state index in [4.69, 9.17) is 21.1 Å². The molecule has 0 saturated carbocycles. The highest BCUT2D eigenvalue weighted by molar-refractivity contribution is 14.1. The van der Waals surface area contributed by atoms with E-state index in [1.165, 1.54) is 6.08 Å². The van der Waals surface area contributed by atoms with Gasteiger partial charge in [-0.3, -0.25) is 4.79 Å². The van der Waals surface area contributed by atoms with Crippen LogP contribution in [0.2, 0.25) is 5.02 Å². The van der Waals surface area contributed by atoms with Crippen LogP contribution in [0.4, 0.5) is 5.69 Å². The van der Waals surface area contributed by atoms with Gasteiger partial charge in [0.25, 0.3) is 5.91 Å². The molecule has 0 bridgehead atoms. The highest BCUT2D eigenvalue weighted by atomic mass is 127. The minimum absolute atomic E-state index is 0.0222. The summed E-state index contributed by atoms with van der Waals surface area (Å²) in [7, 11) is 0. The van der Waals surface area contributed by atoms with Crippen molar-refractivity contribution in [2.75, 3.05) is 11.9 Å². The maximum Gasteiger partial charge on any atom is 0.266 e. The van der Waals surface area contributed by atoms with Gasteiger partial charge in [0.2, 0.25) is 0 Å². The average molecular weight is 638 g/mol. The fourth-order valence-corrected chi connectivity index (χ4v) is 4.03. The maximum absolute atomic E-state index is 12.6. The molecule has 0 aliphatic carbocycles. The lowest BCUT2D eigenvalue weighted by molar-refractivity contribution is -0.112. The predicted octanol–water partition coefficient (Wildman–Crippen LogP) is 7.23. The largest absolute Gasteiger partial charge is 0.490 e. The number of halogens is 3. The number of anilines is 1. The normalized spacial score (nSPS) is 10.9. The zero-order valence-electron chi connectivity index (χ0n) is 17.6. The number of carbonyl (C=O) groups excluding carboxylic acids is 1. The Balaban J connectivity index is 1.83. The number of carbonyl (C=O) groups is 1. The second kappa shape index (κ2) is 12.1. The van der Waals surface area contributed by atoms with E-state index < -0.39 is 5.91 Å². The van der Waals surface area contributed by atoms with Crippen molar-refractivity contribution in [2.45, 2.75) is 13.5 Å². The molecule has 0 radical (unpaired) electrons. The van der Waals surface area contributed by atoms with Crippen LogP contribution >= 0.6 is 50.1 Å². The summed E-state index contributed by atoms with van der Waals surface area (Å²) in [6.45, 7) is 2.67. The van der Waals surface area contributed by atoms with Gasteiger partial charge in [0.1, 0.15) is 18.2 Å². The molecule has 0 fully saturated rings.